The molecule has 27 heavy (non-hydrogen) atoms. The normalized spacial score (nSPS) is 10.3. The van der Waals surface area contributed by atoms with Gasteiger partial charge in [-0.1, -0.05) is 12.1 Å². The topological polar surface area (TPSA) is 119 Å². The van der Waals surface area contributed by atoms with Crippen LogP contribution in [-0.2, 0) is 0 Å². The summed E-state index contributed by atoms with van der Waals surface area (Å²) in [4.78, 5) is 22.9. The van der Waals surface area contributed by atoms with E-state index in [-0.39, 0.29) is 11.5 Å². The van der Waals surface area contributed by atoms with Crippen LogP contribution in [0.25, 0.3) is 11.3 Å². The molecule has 0 bridgehead atoms. The van der Waals surface area contributed by atoms with Gasteiger partial charge in [-0.05, 0) is 12.1 Å². The third kappa shape index (κ3) is 3.87. The third-order valence-electron chi connectivity index (χ3n) is 3.84. The van der Waals surface area contributed by atoms with Gasteiger partial charge in [0, 0.05) is 29.8 Å². The molecule has 9 heteroatoms. The fraction of sp³-hybridized carbons (Fsp3) is 0.111. The molecule has 0 aliphatic heterocycles. The average molecular weight is 368 g/mol. The van der Waals surface area contributed by atoms with E-state index in [0.29, 0.717) is 28.3 Å². The lowest BCUT2D eigenvalue weighted by atomic mass is 10.1. The summed E-state index contributed by atoms with van der Waals surface area (Å²) in [5.74, 6) is 0.795. The summed E-state index contributed by atoms with van der Waals surface area (Å²) in [6, 6.07) is 12.5. The highest BCUT2D eigenvalue weighted by atomic mass is 16.6. The van der Waals surface area contributed by atoms with Crippen LogP contribution in [0.1, 0.15) is 10.4 Å². The Hall–Kier alpha value is -3.88. The summed E-state index contributed by atoms with van der Waals surface area (Å²) in [6.45, 7) is 0. The number of ether oxygens (including phenoxy) is 2. The van der Waals surface area contributed by atoms with E-state index in [1.807, 2.05) is 0 Å². The van der Waals surface area contributed by atoms with Crippen LogP contribution in [0.3, 0.4) is 0 Å². The Labute approximate surface area is 154 Å². The molecule has 0 saturated heterocycles. The van der Waals surface area contributed by atoms with Gasteiger partial charge in [-0.2, -0.15) is 5.10 Å². The molecule has 3 aromatic rings. The van der Waals surface area contributed by atoms with Crippen LogP contribution in [0.15, 0.2) is 48.5 Å². The maximum Gasteiger partial charge on any atom is 0.270 e. The van der Waals surface area contributed by atoms with Gasteiger partial charge >= 0.3 is 0 Å². The van der Waals surface area contributed by atoms with Crippen molar-refractivity contribution in [3.63, 3.8) is 0 Å². The summed E-state index contributed by atoms with van der Waals surface area (Å²) >= 11 is 0. The summed E-state index contributed by atoms with van der Waals surface area (Å²) in [5.41, 5.74) is 1.41. The molecule has 0 unspecified atom stereocenters. The molecule has 0 saturated carbocycles. The monoisotopic (exact) mass is 368 g/mol. The Balaban J connectivity index is 1.81. The van der Waals surface area contributed by atoms with E-state index >= 15 is 0 Å². The molecular formula is C18H16N4O5. The fourth-order valence-electron chi connectivity index (χ4n) is 2.49. The van der Waals surface area contributed by atoms with Gasteiger partial charge in [-0.15, -0.1) is 0 Å². The number of hydrogen-bond acceptors (Lipinski definition) is 6. The van der Waals surface area contributed by atoms with Gasteiger partial charge < -0.3 is 14.8 Å². The molecule has 3 rings (SSSR count). The number of H-pyrrole nitrogens is 1. The second kappa shape index (κ2) is 7.56. The molecule has 0 spiro atoms. The quantitative estimate of drug-likeness (QED) is 0.509. The van der Waals surface area contributed by atoms with Gasteiger partial charge in [-0.3, -0.25) is 20.0 Å². The van der Waals surface area contributed by atoms with Gasteiger partial charge in [-0.25, -0.2) is 0 Å². The minimum Gasteiger partial charge on any atom is -0.497 e. The van der Waals surface area contributed by atoms with Crippen molar-refractivity contribution < 1.29 is 19.2 Å². The van der Waals surface area contributed by atoms with Crippen molar-refractivity contribution in [1.29, 1.82) is 0 Å². The summed E-state index contributed by atoms with van der Waals surface area (Å²) in [6.07, 6.45) is 0. The van der Waals surface area contributed by atoms with E-state index < -0.39 is 10.8 Å². The molecule has 0 fully saturated rings. The van der Waals surface area contributed by atoms with Crippen LogP contribution in [0.5, 0.6) is 11.5 Å². The first-order valence-corrected chi connectivity index (χ1v) is 7.85. The number of nitrogens with zero attached hydrogens (tertiary/aromatic N) is 2. The predicted molar refractivity (Wildman–Crippen MR) is 98.2 cm³/mol. The Bertz CT molecular complexity index is 999. The Kier molecular flexibility index (Phi) is 5.02. The number of carbonyl (C=O) groups is 1. The SMILES string of the molecule is COc1ccc(C(=O)Nc2cc(-c3cccc([N+](=O)[O-])c3)[nH]n2)c(OC)c1. The van der Waals surface area contributed by atoms with Crippen LogP contribution >= 0.6 is 0 Å². The first-order valence-electron chi connectivity index (χ1n) is 7.85. The minimum absolute atomic E-state index is 0.0318. The van der Waals surface area contributed by atoms with E-state index in [0.717, 1.165) is 0 Å². The van der Waals surface area contributed by atoms with Crippen LogP contribution in [-0.4, -0.2) is 35.2 Å². The zero-order valence-electron chi connectivity index (χ0n) is 14.6. The highest BCUT2D eigenvalue weighted by molar-refractivity contribution is 6.06. The summed E-state index contributed by atoms with van der Waals surface area (Å²) < 4.78 is 10.3. The second-order valence-corrected chi connectivity index (χ2v) is 5.49. The van der Waals surface area contributed by atoms with Crippen molar-refractivity contribution in [3.8, 4) is 22.8 Å². The van der Waals surface area contributed by atoms with E-state index in [1.54, 1.807) is 36.4 Å². The number of methoxy groups -OCH3 is 2. The van der Waals surface area contributed by atoms with E-state index in [4.69, 9.17) is 9.47 Å². The van der Waals surface area contributed by atoms with Gasteiger partial charge in [0.1, 0.15) is 11.5 Å². The van der Waals surface area contributed by atoms with Crippen molar-refractivity contribution in [2.45, 2.75) is 0 Å². The van der Waals surface area contributed by atoms with Crippen LogP contribution in [0.2, 0.25) is 0 Å². The molecule has 1 aromatic heterocycles. The molecule has 0 atom stereocenters. The Morgan fingerprint density at radius 2 is 1.96 bits per heavy atom. The number of amides is 1. The molecule has 0 aliphatic rings. The molecule has 1 heterocycles. The number of aromatic nitrogens is 2. The number of rotatable bonds is 6. The average Bonchev–Trinajstić information content (AvgIpc) is 3.15. The molecule has 9 nitrogen and oxygen atoms in total. The zero-order chi connectivity index (χ0) is 19.4. The molecule has 0 aliphatic carbocycles. The largest absolute Gasteiger partial charge is 0.497 e. The number of non-ortho nitro benzene ring substituents is 1. The number of nitro groups is 1. The van der Waals surface area contributed by atoms with Gasteiger partial charge in [0.25, 0.3) is 11.6 Å². The standard InChI is InChI=1S/C18H16N4O5/c1-26-13-6-7-14(16(9-13)27-2)18(23)19-17-10-15(20-21-17)11-4-3-5-12(8-11)22(24)25/h3-10H,1-2H3,(H2,19,20,21,23). The third-order valence-corrected chi connectivity index (χ3v) is 3.84. The van der Waals surface area contributed by atoms with Crippen molar-refractivity contribution in [2.24, 2.45) is 0 Å². The smallest absolute Gasteiger partial charge is 0.270 e. The number of aromatic amines is 1. The van der Waals surface area contributed by atoms with Gasteiger partial charge in [0.2, 0.25) is 0 Å². The second-order valence-electron chi connectivity index (χ2n) is 5.49. The predicted octanol–water partition coefficient (Wildman–Crippen LogP) is 3.25. The minimum atomic E-state index is -0.474. The number of benzene rings is 2. The maximum absolute atomic E-state index is 12.5. The number of carbonyl (C=O) groups excluding carboxylic acids is 1. The summed E-state index contributed by atoms with van der Waals surface area (Å²) in [5, 5.41) is 20.3. The molecule has 2 N–H and O–H groups in total. The van der Waals surface area contributed by atoms with Crippen LogP contribution in [0.4, 0.5) is 11.5 Å². The van der Waals surface area contributed by atoms with E-state index in [2.05, 4.69) is 15.5 Å². The first kappa shape index (κ1) is 17.9. The van der Waals surface area contributed by atoms with E-state index in [1.165, 1.54) is 26.4 Å². The number of nitro benzene ring substituents is 1. The van der Waals surface area contributed by atoms with Crippen LogP contribution in [0, 0.1) is 10.1 Å². The van der Waals surface area contributed by atoms with Crippen molar-refractivity contribution in [3.05, 3.63) is 64.2 Å². The van der Waals surface area contributed by atoms with Crippen molar-refractivity contribution in [1.82, 2.24) is 10.2 Å². The number of hydrogen-bond donors (Lipinski definition) is 2. The molecule has 0 radical (unpaired) electrons. The number of nitrogens with one attached hydrogen (secondary N) is 2. The molecule has 1 amide bonds. The van der Waals surface area contributed by atoms with E-state index in [9.17, 15) is 14.9 Å². The lowest BCUT2D eigenvalue weighted by Gasteiger charge is -2.09. The highest BCUT2D eigenvalue weighted by Crippen LogP contribution is 2.27. The molecule has 138 valence electrons. The van der Waals surface area contributed by atoms with Gasteiger partial charge in [0.15, 0.2) is 5.82 Å². The van der Waals surface area contributed by atoms with Crippen LogP contribution < -0.4 is 14.8 Å². The van der Waals surface area contributed by atoms with Crippen molar-refractivity contribution >= 4 is 17.4 Å². The molecular weight excluding hydrogens is 352 g/mol. The van der Waals surface area contributed by atoms with Gasteiger partial charge in [0.05, 0.1) is 30.4 Å². The lowest BCUT2D eigenvalue weighted by Crippen LogP contribution is -2.13. The highest BCUT2D eigenvalue weighted by Gasteiger charge is 2.16. The molecule has 2 aromatic carbocycles. The summed E-state index contributed by atoms with van der Waals surface area (Å²) in [7, 11) is 2.98. The number of anilines is 1. The Morgan fingerprint density at radius 3 is 2.67 bits per heavy atom. The van der Waals surface area contributed by atoms with Crippen molar-refractivity contribution in [2.75, 3.05) is 19.5 Å². The maximum atomic E-state index is 12.5. The Morgan fingerprint density at radius 1 is 1.15 bits per heavy atom. The first-order chi connectivity index (χ1) is 13.0. The lowest BCUT2D eigenvalue weighted by molar-refractivity contribution is -0.384. The fourth-order valence-corrected chi connectivity index (χ4v) is 2.49. The zero-order valence-corrected chi connectivity index (χ0v) is 14.6.